The Bertz CT molecular complexity index is 1010. The number of carboxylic acid groups (broad SMARTS) is 1. The van der Waals surface area contributed by atoms with Crippen LogP contribution in [-0.4, -0.2) is 36.9 Å². The molecule has 1 aliphatic heterocycles. The number of carbonyl (C=O) groups is 1. The smallest absolute Gasteiger partial charge is 0.336 e. The van der Waals surface area contributed by atoms with Gasteiger partial charge in [-0.1, -0.05) is 30.3 Å². The molecule has 0 unspecified atom stereocenters. The molecule has 2 aromatic carbocycles. The summed E-state index contributed by atoms with van der Waals surface area (Å²) in [5.74, 6) is -0.434. The second kappa shape index (κ2) is 5.82. The lowest BCUT2D eigenvalue weighted by atomic mass is 9.85. The number of hydrogen-bond acceptors (Lipinski definition) is 5. The van der Waals surface area contributed by atoms with Gasteiger partial charge in [-0.3, -0.25) is 0 Å². The first-order valence-electron chi connectivity index (χ1n) is 8.31. The number of hydrogen-bond donors (Lipinski definition) is 4. The summed E-state index contributed by atoms with van der Waals surface area (Å²) >= 11 is 0. The lowest BCUT2D eigenvalue weighted by molar-refractivity contribution is 0.00127. The van der Waals surface area contributed by atoms with Crippen LogP contribution in [0.3, 0.4) is 0 Å². The number of rotatable bonds is 2. The van der Waals surface area contributed by atoms with Gasteiger partial charge >= 0.3 is 5.97 Å². The van der Waals surface area contributed by atoms with Gasteiger partial charge in [-0.15, -0.1) is 0 Å². The first-order chi connectivity index (χ1) is 12.4. The molecule has 0 spiro atoms. The fourth-order valence-corrected chi connectivity index (χ4v) is 3.62. The Hall–Kier alpha value is -2.90. The van der Waals surface area contributed by atoms with Crippen molar-refractivity contribution in [2.75, 3.05) is 5.32 Å². The molecule has 7 nitrogen and oxygen atoms in total. The van der Waals surface area contributed by atoms with E-state index in [0.717, 1.165) is 11.4 Å². The number of carboxylic acids is 1. The van der Waals surface area contributed by atoms with E-state index in [-0.39, 0.29) is 11.1 Å². The Labute approximate surface area is 149 Å². The molecule has 7 heteroatoms. The third-order valence-corrected chi connectivity index (χ3v) is 5.09. The standard InChI is InChI=1S/C19H19N3O4/c1-9-20-15-12(22(9)2)8-11(19(25)26)13-16(15)21-14(18(24)17(13)23)10-6-4-3-5-7-10/h3-8,14,17-18,21,23-24H,1-2H3,(H,25,26)/t14-,17-,18-/m1/s1. The number of anilines is 1. The molecule has 3 aromatic rings. The minimum absolute atomic E-state index is 0.0407. The highest BCUT2D eigenvalue weighted by Gasteiger charge is 2.39. The molecule has 0 saturated heterocycles. The first kappa shape index (κ1) is 16.6. The highest BCUT2D eigenvalue weighted by atomic mass is 16.4. The largest absolute Gasteiger partial charge is 0.478 e. The van der Waals surface area contributed by atoms with E-state index in [1.54, 1.807) is 4.57 Å². The van der Waals surface area contributed by atoms with Crippen LogP contribution in [0.25, 0.3) is 11.0 Å². The number of aliphatic hydroxyl groups excluding tert-OH is 2. The van der Waals surface area contributed by atoms with Gasteiger partial charge in [0, 0.05) is 12.6 Å². The van der Waals surface area contributed by atoms with E-state index in [1.807, 2.05) is 44.3 Å². The average molecular weight is 353 g/mol. The van der Waals surface area contributed by atoms with Crippen LogP contribution in [0.5, 0.6) is 0 Å². The zero-order valence-corrected chi connectivity index (χ0v) is 14.3. The number of nitrogens with one attached hydrogen (secondary N) is 1. The van der Waals surface area contributed by atoms with Crippen molar-refractivity contribution in [3.8, 4) is 0 Å². The number of imidazole rings is 1. The predicted molar refractivity (Wildman–Crippen MR) is 96.2 cm³/mol. The predicted octanol–water partition coefficient (Wildman–Crippen LogP) is 2.14. The van der Waals surface area contributed by atoms with E-state index >= 15 is 0 Å². The maximum atomic E-state index is 11.8. The fourth-order valence-electron chi connectivity index (χ4n) is 3.62. The normalized spacial score (nSPS) is 22.1. The van der Waals surface area contributed by atoms with Crippen LogP contribution in [0.1, 0.15) is 39.5 Å². The molecule has 0 bridgehead atoms. The summed E-state index contributed by atoms with van der Waals surface area (Å²) in [6.45, 7) is 1.83. The van der Waals surface area contributed by atoms with E-state index in [2.05, 4.69) is 10.3 Å². The molecule has 0 radical (unpaired) electrons. The topological polar surface area (TPSA) is 108 Å². The van der Waals surface area contributed by atoms with Gasteiger partial charge in [0.15, 0.2) is 0 Å². The summed E-state index contributed by atoms with van der Waals surface area (Å²) in [5.41, 5.74) is 2.61. The molecule has 1 aliphatic rings. The second-order valence-corrected chi connectivity index (χ2v) is 6.57. The highest BCUT2D eigenvalue weighted by molar-refractivity contribution is 6.02. The summed E-state index contributed by atoms with van der Waals surface area (Å²) < 4.78 is 1.80. The van der Waals surface area contributed by atoms with Crippen molar-refractivity contribution in [1.29, 1.82) is 0 Å². The van der Waals surface area contributed by atoms with Gasteiger partial charge in [0.2, 0.25) is 0 Å². The molecule has 26 heavy (non-hydrogen) atoms. The summed E-state index contributed by atoms with van der Waals surface area (Å²) in [5, 5.41) is 34.2. The lowest BCUT2D eigenvalue weighted by Gasteiger charge is -2.36. The highest BCUT2D eigenvalue weighted by Crippen LogP contribution is 2.44. The Morgan fingerprint density at radius 2 is 1.92 bits per heavy atom. The van der Waals surface area contributed by atoms with Crippen molar-refractivity contribution in [1.82, 2.24) is 9.55 Å². The van der Waals surface area contributed by atoms with Crippen molar-refractivity contribution in [3.05, 3.63) is 58.9 Å². The summed E-state index contributed by atoms with van der Waals surface area (Å²) in [7, 11) is 1.81. The van der Waals surface area contributed by atoms with Crippen molar-refractivity contribution < 1.29 is 20.1 Å². The van der Waals surface area contributed by atoms with Crippen LogP contribution >= 0.6 is 0 Å². The Kier molecular flexibility index (Phi) is 3.71. The monoisotopic (exact) mass is 353 g/mol. The van der Waals surface area contributed by atoms with E-state index in [0.29, 0.717) is 16.7 Å². The molecule has 4 N–H and O–H groups in total. The molecule has 0 saturated carbocycles. The van der Waals surface area contributed by atoms with Gasteiger partial charge in [0.25, 0.3) is 0 Å². The molecule has 3 atom stereocenters. The third kappa shape index (κ3) is 2.28. The number of fused-ring (bicyclic) bond motifs is 3. The number of aliphatic hydroxyl groups is 2. The molecule has 134 valence electrons. The molecule has 0 amide bonds. The van der Waals surface area contributed by atoms with Crippen LogP contribution in [0.15, 0.2) is 36.4 Å². The number of aryl methyl sites for hydroxylation is 2. The number of aromatic carboxylic acids is 1. The van der Waals surface area contributed by atoms with E-state index in [1.165, 1.54) is 6.07 Å². The maximum Gasteiger partial charge on any atom is 0.336 e. The minimum atomic E-state index is -1.34. The van der Waals surface area contributed by atoms with E-state index in [4.69, 9.17) is 0 Å². The van der Waals surface area contributed by atoms with Gasteiger partial charge < -0.3 is 25.2 Å². The van der Waals surface area contributed by atoms with Crippen LogP contribution in [0.2, 0.25) is 0 Å². The van der Waals surface area contributed by atoms with Gasteiger partial charge in [0.05, 0.1) is 22.8 Å². The molecule has 4 rings (SSSR count). The molecular formula is C19H19N3O4. The van der Waals surface area contributed by atoms with Gasteiger partial charge in [-0.2, -0.15) is 0 Å². The lowest BCUT2D eigenvalue weighted by Crippen LogP contribution is -2.37. The summed E-state index contributed by atoms with van der Waals surface area (Å²) in [6.07, 6.45) is -2.53. The van der Waals surface area contributed by atoms with Crippen molar-refractivity contribution in [2.24, 2.45) is 7.05 Å². The van der Waals surface area contributed by atoms with Gasteiger partial charge in [-0.25, -0.2) is 9.78 Å². The van der Waals surface area contributed by atoms with E-state index < -0.39 is 24.2 Å². The zero-order chi connectivity index (χ0) is 18.6. The minimum Gasteiger partial charge on any atom is -0.478 e. The van der Waals surface area contributed by atoms with E-state index in [9.17, 15) is 20.1 Å². The first-order valence-corrected chi connectivity index (χ1v) is 8.31. The van der Waals surface area contributed by atoms with Crippen LogP contribution in [0, 0.1) is 6.92 Å². The van der Waals surface area contributed by atoms with Gasteiger partial charge in [0.1, 0.15) is 23.5 Å². The average Bonchev–Trinajstić information content (AvgIpc) is 2.92. The molecular weight excluding hydrogens is 334 g/mol. The molecule has 0 aliphatic carbocycles. The molecule has 0 fully saturated rings. The van der Waals surface area contributed by atoms with Gasteiger partial charge in [-0.05, 0) is 18.6 Å². The van der Waals surface area contributed by atoms with Crippen LogP contribution in [0.4, 0.5) is 5.69 Å². The fraction of sp³-hybridized carbons (Fsp3) is 0.263. The quantitative estimate of drug-likeness (QED) is 0.562. The third-order valence-electron chi connectivity index (χ3n) is 5.09. The van der Waals surface area contributed by atoms with Crippen LogP contribution in [-0.2, 0) is 7.05 Å². The Morgan fingerprint density at radius 1 is 1.23 bits per heavy atom. The van der Waals surface area contributed by atoms with Crippen molar-refractivity contribution in [2.45, 2.75) is 25.2 Å². The number of benzene rings is 2. The Balaban J connectivity index is 2.00. The summed E-state index contributed by atoms with van der Waals surface area (Å²) in [4.78, 5) is 16.3. The maximum absolute atomic E-state index is 11.8. The van der Waals surface area contributed by atoms with Crippen molar-refractivity contribution >= 4 is 22.7 Å². The second-order valence-electron chi connectivity index (χ2n) is 6.57. The number of nitrogens with zero attached hydrogens (tertiary/aromatic N) is 2. The molecule has 2 heterocycles. The van der Waals surface area contributed by atoms with Crippen LogP contribution < -0.4 is 5.32 Å². The SMILES string of the molecule is Cc1nc2c3c(c(C(=O)O)cc2n1C)[C@@H](O)[C@H](O)[C@@H](c1ccccc1)N3. The van der Waals surface area contributed by atoms with Crippen molar-refractivity contribution in [3.63, 3.8) is 0 Å². The Morgan fingerprint density at radius 3 is 2.58 bits per heavy atom. The summed E-state index contributed by atoms with van der Waals surface area (Å²) in [6, 6.07) is 10.2. The molecule has 1 aromatic heterocycles. The number of aromatic nitrogens is 2. The zero-order valence-electron chi connectivity index (χ0n) is 14.3.